The first-order chi connectivity index (χ1) is 16.4. The van der Waals surface area contributed by atoms with Crippen LogP contribution < -0.4 is 10.2 Å². The molecule has 0 bridgehead atoms. The predicted molar refractivity (Wildman–Crippen MR) is 118 cm³/mol. The molecular weight excluding hydrogens is 491 g/mol. The maximum atomic E-state index is 13.2. The fourth-order valence-corrected chi connectivity index (χ4v) is 4.22. The lowest BCUT2D eigenvalue weighted by Crippen LogP contribution is -2.43. The van der Waals surface area contributed by atoms with Crippen molar-refractivity contribution in [3.8, 4) is 0 Å². The third kappa shape index (κ3) is 4.64. The Morgan fingerprint density at radius 1 is 1.17 bits per heavy atom. The zero-order valence-electron chi connectivity index (χ0n) is 17.9. The second-order valence-electron chi connectivity index (χ2n) is 7.65. The number of anilines is 2. The number of nitrogens with zero attached hydrogens (tertiary/aromatic N) is 4. The number of hydrogen-bond donors (Lipinski definition) is 1. The van der Waals surface area contributed by atoms with Crippen LogP contribution in [0.4, 0.5) is 24.5 Å². The summed E-state index contributed by atoms with van der Waals surface area (Å²) < 4.78 is 63.2. The highest BCUT2D eigenvalue weighted by molar-refractivity contribution is 7.90. The number of alkyl halides is 3. The van der Waals surface area contributed by atoms with Gasteiger partial charge in [0.2, 0.25) is 6.17 Å². The van der Waals surface area contributed by atoms with Gasteiger partial charge in [0, 0.05) is 17.6 Å². The molecule has 182 valence electrons. The van der Waals surface area contributed by atoms with Gasteiger partial charge in [0.1, 0.15) is 5.69 Å². The molecule has 1 atom stereocenters. The fourth-order valence-electron chi connectivity index (χ4n) is 3.55. The molecule has 14 heteroatoms. The summed E-state index contributed by atoms with van der Waals surface area (Å²) in [5, 5.41) is 9.33. The van der Waals surface area contributed by atoms with E-state index in [4.69, 9.17) is 0 Å². The molecule has 0 aliphatic carbocycles. The van der Waals surface area contributed by atoms with Crippen LogP contribution in [0.1, 0.15) is 32.6 Å². The number of hydrogen-bond acceptors (Lipinski definition) is 7. The number of carbonyl (C=O) groups is 2. The van der Waals surface area contributed by atoms with Gasteiger partial charge >= 0.3 is 6.18 Å². The number of amides is 2. The van der Waals surface area contributed by atoms with E-state index in [1.54, 1.807) is 0 Å². The van der Waals surface area contributed by atoms with Crippen molar-refractivity contribution in [2.45, 2.75) is 17.2 Å². The smallest absolute Gasteiger partial charge is 0.322 e. The van der Waals surface area contributed by atoms with Crippen molar-refractivity contribution >= 4 is 33.0 Å². The number of nitrogens with one attached hydrogen (secondary N) is 1. The minimum atomic E-state index is -4.57. The number of sulfone groups is 1. The first kappa shape index (κ1) is 24.1. The largest absolute Gasteiger partial charge is 0.416 e. The molecule has 0 spiro atoms. The normalized spacial score (nSPS) is 16.1. The zero-order chi connectivity index (χ0) is 25.5. The summed E-state index contributed by atoms with van der Waals surface area (Å²) in [4.78, 5) is 38.6. The summed E-state index contributed by atoms with van der Waals surface area (Å²) in [6, 6.07) is 9.17. The highest BCUT2D eigenvalue weighted by atomic mass is 32.2. The molecular formula is C21H16F3N5O5S. The van der Waals surface area contributed by atoms with Crippen molar-refractivity contribution in [1.29, 1.82) is 0 Å². The van der Waals surface area contributed by atoms with Gasteiger partial charge in [0.25, 0.3) is 11.8 Å². The summed E-state index contributed by atoms with van der Waals surface area (Å²) in [5.74, 6) is -1.60. The average molecular weight is 507 g/mol. The Kier molecular flexibility index (Phi) is 5.92. The van der Waals surface area contributed by atoms with Crippen LogP contribution in [0.2, 0.25) is 0 Å². The van der Waals surface area contributed by atoms with Crippen molar-refractivity contribution in [3.63, 3.8) is 0 Å². The van der Waals surface area contributed by atoms with Crippen molar-refractivity contribution in [2.75, 3.05) is 23.0 Å². The standard InChI is InChI=1S/C21H16F3N5O5S/c1-35(33,34)15-4-2-3-13(9-15)26-19(30)16-10-25-29-17(27-32)11-28(20(31)18(16)29)14-7-5-12(6-8-14)21(22,23)24/h2-10,17H,11H2,1H3,(H,26,30)/t17-/m1/s1. The van der Waals surface area contributed by atoms with E-state index in [9.17, 15) is 36.1 Å². The molecule has 2 heterocycles. The summed E-state index contributed by atoms with van der Waals surface area (Å²) >= 11 is 0. The van der Waals surface area contributed by atoms with Crippen LogP contribution in [0.15, 0.2) is 64.8 Å². The Balaban J connectivity index is 1.67. The zero-order valence-corrected chi connectivity index (χ0v) is 18.7. The number of carbonyl (C=O) groups excluding carboxylic acids is 2. The SMILES string of the molecule is CS(=O)(=O)c1cccc(NC(=O)c2cnn3c2C(=O)N(c2ccc(C(F)(F)F)cc2)C[C@@H]3N=O)c1. The molecule has 1 N–H and O–H groups in total. The van der Waals surface area contributed by atoms with Gasteiger partial charge in [0.15, 0.2) is 9.84 Å². The third-order valence-corrected chi connectivity index (χ3v) is 6.37. The minimum absolute atomic E-state index is 0.0397. The number of nitroso groups, excluding NO2 is 1. The maximum absolute atomic E-state index is 13.2. The molecule has 0 fully saturated rings. The van der Waals surface area contributed by atoms with E-state index in [1.807, 2.05) is 0 Å². The number of halogens is 3. The van der Waals surface area contributed by atoms with Crippen molar-refractivity contribution in [3.05, 3.63) is 76.5 Å². The van der Waals surface area contributed by atoms with Crippen LogP contribution >= 0.6 is 0 Å². The Morgan fingerprint density at radius 2 is 1.86 bits per heavy atom. The summed E-state index contributed by atoms with van der Waals surface area (Å²) in [5.41, 5.74) is -1.25. The lowest BCUT2D eigenvalue weighted by atomic mass is 10.1. The summed E-state index contributed by atoms with van der Waals surface area (Å²) in [6.07, 6.45) is -3.75. The molecule has 3 aromatic rings. The van der Waals surface area contributed by atoms with Gasteiger partial charge in [0.05, 0.1) is 28.8 Å². The Hall–Kier alpha value is -4.07. The molecule has 0 radical (unpaired) electrons. The summed E-state index contributed by atoms with van der Waals surface area (Å²) in [7, 11) is -3.55. The highest BCUT2D eigenvalue weighted by Gasteiger charge is 2.38. The molecule has 0 unspecified atom stereocenters. The van der Waals surface area contributed by atoms with Gasteiger partial charge in [-0.2, -0.15) is 18.3 Å². The van der Waals surface area contributed by atoms with Gasteiger partial charge in [-0.25, -0.2) is 13.1 Å². The monoisotopic (exact) mass is 507 g/mol. The van der Waals surface area contributed by atoms with E-state index in [1.165, 1.54) is 24.3 Å². The molecule has 4 rings (SSSR count). The molecule has 0 saturated carbocycles. The van der Waals surface area contributed by atoms with Gasteiger partial charge < -0.3 is 10.2 Å². The van der Waals surface area contributed by atoms with Crippen LogP contribution in [-0.4, -0.2) is 42.8 Å². The van der Waals surface area contributed by atoms with E-state index in [-0.39, 0.29) is 34.1 Å². The quantitative estimate of drug-likeness (QED) is 0.526. The Bertz CT molecular complexity index is 1430. The highest BCUT2D eigenvalue weighted by Crippen LogP contribution is 2.33. The second-order valence-corrected chi connectivity index (χ2v) is 9.67. The second kappa shape index (κ2) is 8.61. The molecule has 1 aromatic heterocycles. The van der Waals surface area contributed by atoms with Crippen LogP contribution in [-0.2, 0) is 16.0 Å². The van der Waals surface area contributed by atoms with E-state index >= 15 is 0 Å². The maximum Gasteiger partial charge on any atom is 0.416 e. The van der Waals surface area contributed by atoms with Crippen molar-refractivity contribution in [1.82, 2.24) is 9.78 Å². The van der Waals surface area contributed by atoms with E-state index in [0.29, 0.717) is 0 Å². The molecule has 35 heavy (non-hydrogen) atoms. The molecule has 0 saturated heterocycles. The predicted octanol–water partition coefficient (Wildman–Crippen LogP) is 3.48. The topological polar surface area (TPSA) is 131 Å². The molecule has 2 amide bonds. The van der Waals surface area contributed by atoms with Crippen LogP contribution in [0.3, 0.4) is 0 Å². The van der Waals surface area contributed by atoms with Gasteiger partial charge in [-0.05, 0) is 47.6 Å². The first-order valence-corrected chi connectivity index (χ1v) is 11.8. The molecule has 1 aliphatic heterocycles. The van der Waals surface area contributed by atoms with Crippen LogP contribution in [0.5, 0.6) is 0 Å². The molecule has 1 aliphatic rings. The fraction of sp³-hybridized carbons (Fsp3) is 0.190. The number of aromatic nitrogens is 2. The first-order valence-electron chi connectivity index (χ1n) is 9.90. The Morgan fingerprint density at radius 3 is 2.46 bits per heavy atom. The third-order valence-electron chi connectivity index (χ3n) is 5.26. The van der Waals surface area contributed by atoms with Crippen LogP contribution in [0, 0.1) is 4.91 Å². The van der Waals surface area contributed by atoms with E-state index < -0.39 is 39.6 Å². The van der Waals surface area contributed by atoms with Crippen LogP contribution in [0.25, 0.3) is 0 Å². The number of rotatable bonds is 5. The average Bonchev–Trinajstić information content (AvgIpc) is 3.25. The van der Waals surface area contributed by atoms with Gasteiger partial charge in [-0.15, -0.1) is 4.91 Å². The lowest BCUT2D eigenvalue weighted by molar-refractivity contribution is -0.137. The molecule has 10 nitrogen and oxygen atoms in total. The lowest BCUT2D eigenvalue weighted by Gasteiger charge is -2.30. The number of fused-ring (bicyclic) bond motifs is 1. The summed E-state index contributed by atoms with van der Waals surface area (Å²) in [6.45, 7) is -0.306. The molecule has 2 aromatic carbocycles. The van der Waals surface area contributed by atoms with E-state index in [0.717, 1.165) is 46.3 Å². The van der Waals surface area contributed by atoms with Crippen molar-refractivity contribution in [2.24, 2.45) is 5.18 Å². The Labute approximate surface area is 196 Å². The van der Waals surface area contributed by atoms with Crippen molar-refractivity contribution < 1.29 is 31.2 Å². The number of benzene rings is 2. The van der Waals surface area contributed by atoms with Gasteiger partial charge in [-0.1, -0.05) is 6.07 Å². The van der Waals surface area contributed by atoms with E-state index in [2.05, 4.69) is 15.6 Å². The van der Waals surface area contributed by atoms with Gasteiger partial charge in [-0.3, -0.25) is 9.59 Å². The minimum Gasteiger partial charge on any atom is -0.322 e.